The molecule has 0 saturated heterocycles. The van der Waals surface area contributed by atoms with Crippen LogP contribution in [0.5, 0.6) is 0 Å². The molecule has 5 nitrogen and oxygen atoms in total. The fraction of sp³-hybridized carbons (Fsp3) is 0.111. The van der Waals surface area contributed by atoms with Crippen molar-refractivity contribution < 1.29 is 0 Å². The summed E-state index contributed by atoms with van der Waals surface area (Å²) in [5, 5.41) is 16.0. The van der Waals surface area contributed by atoms with Crippen molar-refractivity contribution in [3.8, 4) is 0 Å². The van der Waals surface area contributed by atoms with Gasteiger partial charge in [-0.3, -0.25) is 0 Å². The summed E-state index contributed by atoms with van der Waals surface area (Å²) < 4.78 is 0. The van der Waals surface area contributed by atoms with Gasteiger partial charge in [-0.2, -0.15) is 0 Å². The molecular formula is C9H7Cl2N5. The minimum atomic E-state index is 0.347. The molecule has 0 fully saturated rings. The molecule has 7 heteroatoms. The third-order valence-corrected chi connectivity index (χ3v) is 2.33. The van der Waals surface area contributed by atoms with Gasteiger partial charge in [-0.05, 0) is 24.3 Å². The summed E-state index contributed by atoms with van der Waals surface area (Å²) in [6.45, 7) is 0. The molecule has 0 aliphatic carbocycles. The highest BCUT2D eigenvalue weighted by atomic mass is 35.5. The van der Waals surface area contributed by atoms with Gasteiger partial charge in [-0.25, -0.2) is 0 Å². The Balaban J connectivity index is 2.28. The summed E-state index contributed by atoms with van der Waals surface area (Å²) in [6.07, 6.45) is 0. The fourth-order valence-corrected chi connectivity index (χ4v) is 1.29. The van der Waals surface area contributed by atoms with Crippen LogP contribution in [0.25, 0.3) is 0 Å². The Morgan fingerprint density at radius 2 is 1.25 bits per heavy atom. The van der Waals surface area contributed by atoms with E-state index < -0.39 is 0 Å². The van der Waals surface area contributed by atoms with E-state index in [9.17, 15) is 0 Å². The zero-order valence-corrected chi connectivity index (χ0v) is 9.81. The summed E-state index contributed by atoms with van der Waals surface area (Å²) in [7, 11) is 1.80. The van der Waals surface area contributed by atoms with E-state index in [0.717, 1.165) is 0 Å². The molecule has 0 bridgehead atoms. The molecule has 0 N–H and O–H groups in total. The first kappa shape index (κ1) is 11.0. The minimum absolute atomic E-state index is 0.347. The molecule has 0 aliphatic rings. The molecule has 0 amide bonds. The minimum Gasteiger partial charge on any atom is -0.311 e. The number of halogens is 2. The lowest BCUT2D eigenvalue weighted by Gasteiger charge is -2.15. The zero-order chi connectivity index (χ0) is 11.5. The van der Waals surface area contributed by atoms with Gasteiger partial charge in [0.1, 0.15) is 0 Å². The van der Waals surface area contributed by atoms with E-state index in [-0.39, 0.29) is 0 Å². The third kappa shape index (κ3) is 2.37. The van der Waals surface area contributed by atoms with Gasteiger partial charge in [-0.15, -0.1) is 20.4 Å². The van der Waals surface area contributed by atoms with Crippen molar-refractivity contribution in [2.24, 2.45) is 0 Å². The van der Waals surface area contributed by atoms with E-state index in [1.165, 1.54) is 0 Å². The summed E-state index contributed by atoms with van der Waals surface area (Å²) >= 11 is 11.3. The largest absolute Gasteiger partial charge is 0.311 e. The van der Waals surface area contributed by atoms with E-state index in [4.69, 9.17) is 23.2 Å². The van der Waals surface area contributed by atoms with Gasteiger partial charge in [0.25, 0.3) is 0 Å². The Labute approximate surface area is 102 Å². The number of hydrogen-bond donors (Lipinski definition) is 0. The number of hydrogen-bond acceptors (Lipinski definition) is 5. The van der Waals surface area contributed by atoms with Gasteiger partial charge in [-0.1, -0.05) is 23.2 Å². The standard InChI is InChI=1S/C9H7Cl2N5/c1-16(8-4-2-6(10)12-14-8)9-5-3-7(11)13-15-9/h2-5H,1H3. The molecule has 0 spiro atoms. The molecule has 0 saturated carbocycles. The van der Waals surface area contributed by atoms with Crippen LogP contribution in [0.1, 0.15) is 0 Å². The highest BCUT2D eigenvalue weighted by Gasteiger charge is 2.07. The maximum absolute atomic E-state index is 5.65. The second-order valence-corrected chi connectivity index (χ2v) is 3.76. The van der Waals surface area contributed by atoms with E-state index in [1.807, 2.05) is 0 Å². The topological polar surface area (TPSA) is 54.8 Å². The smallest absolute Gasteiger partial charge is 0.156 e. The average molecular weight is 256 g/mol. The van der Waals surface area contributed by atoms with E-state index in [0.29, 0.717) is 21.9 Å². The lowest BCUT2D eigenvalue weighted by molar-refractivity contribution is 0.941. The van der Waals surface area contributed by atoms with Crippen LogP contribution in [0, 0.1) is 0 Å². The van der Waals surface area contributed by atoms with E-state index in [1.54, 1.807) is 36.2 Å². The maximum Gasteiger partial charge on any atom is 0.156 e. The quantitative estimate of drug-likeness (QED) is 0.825. The third-order valence-electron chi connectivity index (χ3n) is 1.92. The predicted octanol–water partition coefficient (Wildman–Crippen LogP) is 2.34. The fourth-order valence-electron chi connectivity index (χ4n) is 1.09. The molecule has 0 aromatic carbocycles. The average Bonchev–Trinajstić information content (AvgIpc) is 2.30. The number of anilines is 2. The molecule has 82 valence electrons. The molecule has 0 atom stereocenters. The summed E-state index contributed by atoms with van der Waals surface area (Å²) in [5.74, 6) is 1.25. The van der Waals surface area contributed by atoms with Gasteiger partial charge in [0.2, 0.25) is 0 Å². The molecular weight excluding hydrogens is 249 g/mol. The van der Waals surface area contributed by atoms with Crippen LogP contribution >= 0.6 is 23.2 Å². The van der Waals surface area contributed by atoms with Crippen LogP contribution < -0.4 is 4.90 Å². The van der Waals surface area contributed by atoms with Crippen molar-refractivity contribution >= 4 is 34.8 Å². The van der Waals surface area contributed by atoms with Crippen LogP contribution in [-0.2, 0) is 0 Å². The van der Waals surface area contributed by atoms with Crippen molar-refractivity contribution in [2.75, 3.05) is 11.9 Å². The maximum atomic E-state index is 5.65. The first-order valence-electron chi connectivity index (χ1n) is 4.39. The molecule has 16 heavy (non-hydrogen) atoms. The molecule has 0 unspecified atom stereocenters. The van der Waals surface area contributed by atoms with Crippen molar-refractivity contribution in [1.82, 2.24) is 20.4 Å². The van der Waals surface area contributed by atoms with Crippen LogP contribution in [0.4, 0.5) is 11.6 Å². The lowest BCUT2D eigenvalue weighted by atomic mass is 10.4. The SMILES string of the molecule is CN(c1ccc(Cl)nn1)c1ccc(Cl)nn1. The van der Waals surface area contributed by atoms with E-state index >= 15 is 0 Å². The molecule has 0 radical (unpaired) electrons. The number of aromatic nitrogens is 4. The van der Waals surface area contributed by atoms with Crippen LogP contribution in [0.2, 0.25) is 10.3 Å². The Bertz CT molecular complexity index is 425. The Kier molecular flexibility index (Phi) is 3.17. The van der Waals surface area contributed by atoms with Gasteiger partial charge in [0.15, 0.2) is 21.9 Å². The number of rotatable bonds is 2. The highest BCUT2D eigenvalue weighted by Crippen LogP contribution is 2.19. The summed E-state index contributed by atoms with van der Waals surface area (Å²) in [4.78, 5) is 1.73. The Morgan fingerprint density at radius 3 is 1.56 bits per heavy atom. The monoisotopic (exact) mass is 255 g/mol. The van der Waals surface area contributed by atoms with Crippen LogP contribution in [0.15, 0.2) is 24.3 Å². The van der Waals surface area contributed by atoms with Crippen molar-refractivity contribution in [3.05, 3.63) is 34.6 Å². The zero-order valence-electron chi connectivity index (χ0n) is 8.30. The van der Waals surface area contributed by atoms with Gasteiger partial charge < -0.3 is 4.90 Å². The van der Waals surface area contributed by atoms with Crippen molar-refractivity contribution in [3.63, 3.8) is 0 Å². The Morgan fingerprint density at radius 1 is 0.812 bits per heavy atom. The summed E-state index contributed by atoms with van der Waals surface area (Å²) in [5.41, 5.74) is 0. The van der Waals surface area contributed by atoms with Gasteiger partial charge >= 0.3 is 0 Å². The highest BCUT2D eigenvalue weighted by molar-refractivity contribution is 6.29. The molecule has 2 aromatic heterocycles. The normalized spacial score (nSPS) is 10.2. The van der Waals surface area contributed by atoms with E-state index in [2.05, 4.69) is 20.4 Å². The molecule has 2 heterocycles. The van der Waals surface area contributed by atoms with Crippen LogP contribution in [-0.4, -0.2) is 27.4 Å². The second kappa shape index (κ2) is 4.59. The lowest BCUT2D eigenvalue weighted by Crippen LogP contribution is -2.13. The molecule has 2 rings (SSSR count). The number of nitrogens with zero attached hydrogens (tertiary/aromatic N) is 5. The second-order valence-electron chi connectivity index (χ2n) is 2.99. The summed E-state index contributed by atoms with van der Waals surface area (Å²) in [6, 6.07) is 6.80. The van der Waals surface area contributed by atoms with Crippen molar-refractivity contribution in [2.45, 2.75) is 0 Å². The Hall–Kier alpha value is -1.46. The first-order chi connectivity index (χ1) is 7.66. The van der Waals surface area contributed by atoms with Gasteiger partial charge in [0.05, 0.1) is 0 Å². The molecule has 0 aliphatic heterocycles. The van der Waals surface area contributed by atoms with Gasteiger partial charge in [0, 0.05) is 7.05 Å². The predicted molar refractivity (Wildman–Crippen MR) is 62.1 cm³/mol. The molecule has 2 aromatic rings. The van der Waals surface area contributed by atoms with Crippen molar-refractivity contribution in [1.29, 1.82) is 0 Å². The first-order valence-corrected chi connectivity index (χ1v) is 5.14. The van der Waals surface area contributed by atoms with Crippen LogP contribution in [0.3, 0.4) is 0 Å².